The Morgan fingerprint density at radius 1 is 1.72 bits per heavy atom. The topological polar surface area (TPSA) is 105 Å². The molecule has 1 unspecified atom stereocenters. The number of nitro groups is 1. The molecule has 1 aromatic heterocycles. The predicted octanol–water partition coefficient (Wildman–Crippen LogP) is 2.19. The van der Waals surface area contributed by atoms with Gasteiger partial charge in [-0.3, -0.25) is 14.9 Å². The maximum Gasteiger partial charge on any atom is 0.308 e. The summed E-state index contributed by atoms with van der Waals surface area (Å²) >= 11 is 3.21. The first-order chi connectivity index (χ1) is 8.34. The highest BCUT2D eigenvalue weighted by Gasteiger charge is 2.18. The van der Waals surface area contributed by atoms with E-state index in [1.54, 1.807) is 13.8 Å². The lowest BCUT2D eigenvalue weighted by Crippen LogP contribution is -2.20. The van der Waals surface area contributed by atoms with Crippen LogP contribution in [0.15, 0.2) is 10.7 Å². The van der Waals surface area contributed by atoms with Crippen LogP contribution >= 0.6 is 15.9 Å². The molecule has 1 atom stereocenters. The fourth-order valence-electron chi connectivity index (χ4n) is 1.21. The zero-order valence-corrected chi connectivity index (χ0v) is 11.4. The lowest BCUT2D eigenvalue weighted by Gasteiger charge is -2.11. The summed E-state index contributed by atoms with van der Waals surface area (Å²) in [7, 11) is 0. The van der Waals surface area contributed by atoms with E-state index in [1.807, 2.05) is 0 Å². The van der Waals surface area contributed by atoms with E-state index in [9.17, 15) is 14.9 Å². The molecule has 0 radical (unpaired) electrons. The molecule has 0 bridgehead atoms. The van der Waals surface area contributed by atoms with Crippen LogP contribution in [0.3, 0.4) is 0 Å². The van der Waals surface area contributed by atoms with Crippen molar-refractivity contribution in [3.8, 4) is 0 Å². The number of anilines is 1. The van der Waals surface area contributed by atoms with Crippen LogP contribution in [0.5, 0.6) is 0 Å². The highest BCUT2D eigenvalue weighted by Crippen LogP contribution is 2.30. The molecule has 1 rings (SSSR count). The van der Waals surface area contributed by atoms with Gasteiger partial charge in [0, 0.05) is 12.1 Å². The first-order valence-electron chi connectivity index (χ1n) is 5.10. The number of rotatable bonds is 5. The lowest BCUT2D eigenvalue weighted by atomic mass is 10.2. The van der Waals surface area contributed by atoms with Gasteiger partial charge >= 0.3 is 5.97 Å². The van der Waals surface area contributed by atoms with Crippen molar-refractivity contribution in [2.45, 2.75) is 13.8 Å². The largest absolute Gasteiger partial charge is 0.481 e. The quantitative estimate of drug-likeness (QED) is 0.637. The molecule has 0 aromatic carbocycles. The van der Waals surface area contributed by atoms with Crippen molar-refractivity contribution >= 4 is 33.4 Å². The number of halogens is 1. The number of pyridine rings is 1. The summed E-state index contributed by atoms with van der Waals surface area (Å²) in [5, 5.41) is 22.3. The monoisotopic (exact) mass is 317 g/mol. The van der Waals surface area contributed by atoms with Crippen LogP contribution in [0.2, 0.25) is 0 Å². The summed E-state index contributed by atoms with van der Waals surface area (Å²) in [6.45, 7) is 3.34. The summed E-state index contributed by atoms with van der Waals surface area (Å²) in [5.41, 5.74) is 0.360. The molecule has 0 aliphatic rings. The molecule has 0 saturated carbocycles. The van der Waals surface area contributed by atoms with Gasteiger partial charge in [-0.1, -0.05) is 6.92 Å². The third-order valence-electron chi connectivity index (χ3n) is 2.43. The Hall–Kier alpha value is -1.70. The first-order valence-corrected chi connectivity index (χ1v) is 5.90. The zero-order chi connectivity index (χ0) is 13.9. The fourth-order valence-corrected chi connectivity index (χ4v) is 1.66. The van der Waals surface area contributed by atoms with Crippen molar-refractivity contribution < 1.29 is 14.8 Å². The summed E-state index contributed by atoms with van der Waals surface area (Å²) < 4.78 is 0.467. The molecule has 1 heterocycles. The van der Waals surface area contributed by atoms with Gasteiger partial charge in [-0.2, -0.15) is 0 Å². The minimum Gasteiger partial charge on any atom is -0.481 e. The third-order valence-corrected chi connectivity index (χ3v) is 3.40. The molecule has 0 aliphatic carbocycles. The number of aromatic nitrogens is 1. The van der Waals surface area contributed by atoms with Crippen LogP contribution in [0.1, 0.15) is 12.5 Å². The van der Waals surface area contributed by atoms with E-state index in [2.05, 4.69) is 26.2 Å². The number of carboxylic acid groups (broad SMARTS) is 1. The summed E-state index contributed by atoms with van der Waals surface area (Å²) in [4.78, 5) is 24.7. The average Bonchev–Trinajstić information content (AvgIpc) is 2.30. The SMILES string of the molecule is Cc1c([N+](=O)[O-])cnc(NCC(C)C(=O)O)c1Br. The number of hydrogen-bond donors (Lipinski definition) is 2. The highest BCUT2D eigenvalue weighted by atomic mass is 79.9. The summed E-state index contributed by atoms with van der Waals surface area (Å²) in [6.07, 6.45) is 1.15. The van der Waals surface area contributed by atoms with Crippen molar-refractivity contribution in [1.82, 2.24) is 4.98 Å². The Bertz CT molecular complexity index is 492. The first kappa shape index (κ1) is 14.4. The van der Waals surface area contributed by atoms with Crippen molar-refractivity contribution in [2.75, 3.05) is 11.9 Å². The van der Waals surface area contributed by atoms with Crippen LogP contribution < -0.4 is 5.32 Å². The fraction of sp³-hybridized carbons (Fsp3) is 0.400. The van der Waals surface area contributed by atoms with Gasteiger partial charge in [-0.15, -0.1) is 0 Å². The maximum absolute atomic E-state index is 10.7. The second-order valence-electron chi connectivity index (χ2n) is 3.81. The molecule has 7 nitrogen and oxygen atoms in total. The van der Waals surface area contributed by atoms with Gasteiger partial charge in [-0.05, 0) is 22.9 Å². The van der Waals surface area contributed by atoms with Gasteiger partial charge in [-0.25, -0.2) is 4.98 Å². The van der Waals surface area contributed by atoms with Crippen LogP contribution in [0.4, 0.5) is 11.5 Å². The minimum atomic E-state index is -0.919. The average molecular weight is 318 g/mol. The highest BCUT2D eigenvalue weighted by molar-refractivity contribution is 9.10. The van der Waals surface area contributed by atoms with Crippen LogP contribution in [-0.4, -0.2) is 27.5 Å². The molecule has 2 N–H and O–H groups in total. The predicted molar refractivity (Wildman–Crippen MR) is 68.6 cm³/mol. The number of carboxylic acids is 1. The van der Waals surface area contributed by atoms with Crippen molar-refractivity contribution in [1.29, 1.82) is 0 Å². The number of aliphatic carboxylic acids is 1. The molecule has 0 fully saturated rings. The number of hydrogen-bond acceptors (Lipinski definition) is 5. The Kier molecular flexibility index (Phi) is 4.60. The molecular weight excluding hydrogens is 306 g/mol. The zero-order valence-electron chi connectivity index (χ0n) is 9.81. The van der Waals surface area contributed by atoms with Crippen molar-refractivity contribution in [2.24, 2.45) is 5.92 Å². The number of nitrogens with one attached hydrogen (secondary N) is 1. The van der Waals surface area contributed by atoms with E-state index in [4.69, 9.17) is 5.11 Å². The van der Waals surface area contributed by atoms with E-state index in [-0.39, 0.29) is 12.2 Å². The molecule has 8 heteroatoms. The second kappa shape index (κ2) is 5.76. The van der Waals surface area contributed by atoms with Crippen LogP contribution in [0.25, 0.3) is 0 Å². The molecular formula is C10H12BrN3O4. The van der Waals surface area contributed by atoms with E-state index in [0.717, 1.165) is 6.20 Å². The van der Waals surface area contributed by atoms with Crippen LogP contribution in [0, 0.1) is 23.0 Å². The van der Waals surface area contributed by atoms with E-state index >= 15 is 0 Å². The molecule has 1 aromatic rings. The molecule has 0 spiro atoms. The van der Waals surface area contributed by atoms with Gasteiger partial charge in [0.1, 0.15) is 12.0 Å². The van der Waals surface area contributed by atoms with Crippen molar-refractivity contribution in [3.05, 3.63) is 26.3 Å². The van der Waals surface area contributed by atoms with Gasteiger partial charge in [0.05, 0.1) is 15.3 Å². The van der Waals surface area contributed by atoms with Gasteiger partial charge in [0.15, 0.2) is 0 Å². The van der Waals surface area contributed by atoms with E-state index < -0.39 is 16.8 Å². The minimum absolute atomic E-state index is 0.0845. The maximum atomic E-state index is 10.7. The van der Waals surface area contributed by atoms with Gasteiger partial charge in [0.2, 0.25) is 0 Å². The number of nitrogens with zero attached hydrogens (tertiary/aromatic N) is 2. The second-order valence-corrected chi connectivity index (χ2v) is 4.60. The Morgan fingerprint density at radius 3 is 2.83 bits per heavy atom. The van der Waals surface area contributed by atoms with Gasteiger partial charge < -0.3 is 10.4 Å². The molecule has 18 heavy (non-hydrogen) atoms. The summed E-state index contributed by atoms with van der Waals surface area (Å²) in [5.74, 6) is -1.10. The molecule has 0 aliphatic heterocycles. The summed E-state index contributed by atoms with van der Waals surface area (Å²) in [6, 6.07) is 0. The molecule has 0 saturated heterocycles. The van der Waals surface area contributed by atoms with E-state index in [1.165, 1.54) is 0 Å². The Morgan fingerprint density at radius 2 is 2.33 bits per heavy atom. The standard InChI is InChI=1S/C10H12BrN3O4/c1-5(10(15)16)3-12-9-8(11)6(2)7(4-13-9)14(17)18/h4-5H,3H2,1-2H3,(H,12,13)(H,15,16). The molecule has 98 valence electrons. The van der Waals surface area contributed by atoms with Gasteiger partial charge in [0.25, 0.3) is 5.69 Å². The lowest BCUT2D eigenvalue weighted by molar-refractivity contribution is -0.385. The van der Waals surface area contributed by atoms with Crippen molar-refractivity contribution in [3.63, 3.8) is 0 Å². The Labute approximate surface area is 112 Å². The molecule has 0 amide bonds. The number of carbonyl (C=O) groups is 1. The van der Waals surface area contributed by atoms with Crippen LogP contribution in [-0.2, 0) is 4.79 Å². The normalized spacial score (nSPS) is 11.9. The smallest absolute Gasteiger partial charge is 0.308 e. The van der Waals surface area contributed by atoms with E-state index in [0.29, 0.717) is 15.9 Å². The Balaban J connectivity index is 2.89. The third kappa shape index (κ3) is 3.16.